The number of hydrogen-bond acceptors (Lipinski definition) is 2. The molecule has 4 nitrogen and oxygen atoms in total. The first-order chi connectivity index (χ1) is 7.80. The number of nitrogens with zero attached hydrogens (tertiary/aromatic N) is 1. The maximum Gasteiger partial charge on any atom is 0.419 e. The van der Waals surface area contributed by atoms with Crippen LogP contribution >= 0.6 is 0 Å². The summed E-state index contributed by atoms with van der Waals surface area (Å²) in [5, 5.41) is 3.25. The topological polar surface area (TPSA) is 67.5 Å². The van der Waals surface area contributed by atoms with Crippen LogP contribution in [0.15, 0.2) is 23.3 Å². The van der Waals surface area contributed by atoms with Crippen LogP contribution in [-0.2, 0) is 6.18 Å². The Morgan fingerprint density at radius 2 is 2.06 bits per heavy atom. The van der Waals surface area contributed by atoms with Crippen molar-refractivity contribution in [1.82, 2.24) is 5.43 Å². The number of amides is 2. The number of halogens is 4. The molecule has 3 N–H and O–H groups in total. The van der Waals surface area contributed by atoms with Crippen LogP contribution in [0.25, 0.3) is 0 Å². The zero-order valence-electron chi connectivity index (χ0n) is 8.25. The normalized spacial score (nSPS) is 11.8. The highest BCUT2D eigenvalue weighted by Crippen LogP contribution is 2.31. The van der Waals surface area contributed by atoms with E-state index in [0.717, 1.165) is 12.3 Å². The molecule has 0 spiro atoms. The summed E-state index contributed by atoms with van der Waals surface area (Å²) in [6.07, 6.45) is -3.87. The summed E-state index contributed by atoms with van der Waals surface area (Å²) in [4.78, 5) is 10.2. The predicted octanol–water partition coefficient (Wildman–Crippen LogP) is 1.85. The second-order valence-corrected chi connectivity index (χ2v) is 2.97. The second-order valence-electron chi connectivity index (χ2n) is 2.97. The zero-order chi connectivity index (χ0) is 13.1. The number of carbonyl (C=O) groups is 1. The van der Waals surface area contributed by atoms with Gasteiger partial charge in [-0.15, -0.1) is 0 Å². The lowest BCUT2D eigenvalue weighted by Gasteiger charge is -2.08. The van der Waals surface area contributed by atoms with Gasteiger partial charge in [-0.05, 0) is 17.7 Å². The summed E-state index contributed by atoms with van der Waals surface area (Å²) in [6.45, 7) is 0. The van der Waals surface area contributed by atoms with Crippen molar-refractivity contribution in [2.45, 2.75) is 6.18 Å². The summed E-state index contributed by atoms with van der Waals surface area (Å²) in [5.41, 5.74) is 5.05. The lowest BCUT2D eigenvalue weighted by molar-refractivity contribution is -0.140. The average Bonchev–Trinajstić information content (AvgIpc) is 2.18. The molecule has 1 aromatic rings. The smallest absolute Gasteiger partial charge is 0.350 e. The van der Waals surface area contributed by atoms with Crippen LogP contribution in [0.5, 0.6) is 0 Å². The van der Waals surface area contributed by atoms with Crippen molar-refractivity contribution in [3.8, 4) is 0 Å². The third kappa shape index (κ3) is 3.74. The van der Waals surface area contributed by atoms with Crippen molar-refractivity contribution >= 4 is 12.2 Å². The second kappa shape index (κ2) is 4.81. The number of rotatable bonds is 2. The SMILES string of the molecule is NC(=O)NN=Cc1ccc(F)c(C(F)(F)F)c1. The average molecular weight is 249 g/mol. The largest absolute Gasteiger partial charge is 0.419 e. The van der Waals surface area contributed by atoms with Gasteiger partial charge in [0.1, 0.15) is 5.82 Å². The minimum absolute atomic E-state index is 0.0209. The Morgan fingerprint density at radius 3 is 2.59 bits per heavy atom. The van der Waals surface area contributed by atoms with Crippen LogP contribution in [0.1, 0.15) is 11.1 Å². The fourth-order valence-corrected chi connectivity index (χ4v) is 1.01. The first-order valence-corrected chi connectivity index (χ1v) is 4.26. The highest BCUT2D eigenvalue weighted by atomic mass is 19.4. The Hall–Kier alpha value is -2.12. The molecule has 0 bridgehead atoms. The maximum absolute atomic E-state index is 12.9. The van der Waals surface area contributed by atoms with Crippen LogP contribution in [-0.4, -0.2) is 12.2 Å². The van der Waals surface area contributed by atoms with E-state index in [4.69, 9.17) is 0 Å². The van der Waals surface area contributed by atoms with Gasteiger partial charge in [-0.2, -0.15) is 18.3 Å². The third-order valence-corrected chi connectivity index (χ3v) is 1.68. The van der Waals surface area contributed by atoms with Crippen molar-refractivity contribution in [3.05, 3.63) is 35.1 Å². The molecule has 0 unspecified atom stereocenters. The molecule has 1 rings (SSSR count). The van der Waals surface area contributed by atoms with Crippen molar-refractivity contribution < 1.29 is 22.4 Å². The number of benzene rings is 1. The third-order valence-electron chi connectivity index (χ3n) is 1.68. The monoisotopic (exact) mass is 249 g/mol. The number of hydrazone groups is 1. The Morgan fingerprint density at radius 1 is 1.41 bits per heavy atom. The maximum atomic E-state index is 12.9. The Kier molecular flexibility index (Phi) is 3.66. The van der Waals surface area contributed by atoms with Crippen molar-refractivity contribution in [3.63, 3.8) is 0 Å². The van der Waals surface area contributed by atoms with Crippen LogP contribution in [0.2, 0.25) is 0 Å². The summed E-state index contributed by atoms with van der Waals surface area (Å²) < 4.78 is 49.8. The molecule has 8 heteroatoms. The van der Waals surface area contributed by atoms with Gasteiger partial charge < -0.3 is 5.73 Å². The number of primary amides is 1. The molecule has 0 aliphatic heterocycles. The van der Waals surface area contributed by atoms with E-state index < -0.39 is 23.6 Å². The molecule has 0 atom stereocenters. The standard InChI is InChI=1S/C9H7F4N3O/c10-7-2-1-5(4-15-16-8(14)17)3-6(7)9(11,12)13/h1-4H,(H3,14,16,17). The van der Waals surface area contributed by atoms with E-state index in [9.17, 15) is 22.4 Å². The van der Waals surface area contributed by atoms with Crippen molar-refractivity contribution in [1.29, 1.82) is 0 Å². The summed E-state index contributed by atoms with van der Waals surface area (Å²) >= 11 is 0. The van der Waals surface area contributed by atoms with E-state index in [1.807, 2.05) is 0 Å². The fraction of sp³-hybridized carbons (Fsp3) is 0.111. The fourth-order valence-electron chi connectivity index (χ4n) is 1.01. The Bertz CT molecular complexity index is 456. The number of alkyl halides is 3. The summed E-state index contributed by atoms with van der Waals surface area (Å²) in [6, 6.07) is 1.35. The predicted molar refractivity (Wildman–Crippen MR) is 51.7 cm³/mol. The molecule has 17 heavy (non-hydrogen) atoms. The van der Waals surface area contributed by atoms with Crippen LogP contribution in [0, 0.1) is 5.82 Å². The molecule has 2 amide bonds. The molecule has 0 saturated carbocycles. The Labute approximate surface area is 93.1 Å². The minimum Gasteiger partial charge on any atom is -0.350 e. The molecule has 0 aromatic heterocycles. The van der Waals surface area contributed by atoms with Crippen LogP contribution in [0.4, 0.5) is 22.4 Å². The first-order valence-electron chi connectivity index (χ1n) is 4.26. The van der Waals surface area contributed by atoms with Gasteiger partial charge in [-0.3, -0.25) is 0 Å². The van der Waals surface area contributed by atoms with Gasteiger partial charge in [0.2, 0.25) is 0 Å². The lowest BCUT2D eigenvalue weighted by atomic mass is 10.1. The van der Waals surface area contributed by atoms with Crippen LogP contribution in [0.3, 0.4) is 0 Å². The number of urea groups is 1. The number of nitrogens with two attached hydrogens (primary N) is 1. The number of hydrogen-bond donors (Lipinski definition) is 2. The van der Waals surface area contributed by atoms with E-state index >= 15 is 0 Å². The van der Waals surface area contributed by atoms with Gasteiger partial charge in [-0.1, -0.05) is 6.07 Å². The molecular formula is C9H7F4N3O. The van der Waals surface area contributed by atoms with Gasteiger partial charge in [0.05, 0.1) is 11.8 Å². The van der Waals surface area contributed by atoms with Gasteiger partial charge in [0, 0.05) is 0 Å². The van der Waals surface area contributed by atoms with Crippen LogP contribution < -0.4 is 11.2 Å². The van der Waals surface area contributed by atoms with Crippen molar-refractivity contribution in [2.75, 3.05) is 0 Å². The number of carbonyl (C=O) groups excluding carboxylic acids is 1. The van der Waals surface area contributed by atoms with Gasteiger partial charge in [0.15, 0.2) is 0 Å². The molecule has 92 valence electrons. The first kappa shape index (κ1) is 12.9. The summed E-state index contributed by atoms with van der Waals surface area (Å²) in [5.74, 6) is -1.38. The zero-order valence-corrected chi connectivity index (χ0v) is 8.25. The highest BCUT2D eigenvalue weighted by molar-refractivity contribution is 5.81. The highest BCUT2D eigenvalue weighted by Gasteiger charge is 2.34. The lowest BCUT2D eigenvalue weighted by Crippen LogP contribution is -2.24. The van der Waals surface area contributed by atoms with E-state index in [0.29, 0.717) is 12.1 Å². The van der Waals surface area contributed by atoms with E-state index in [1.54, 1.807) is 5.43 Å². The Balaban J connectivity index is 2.97. The van der Waals surface area contributed by atoms with Gasteiger partial charge >= 0.3 is 12.2 Å². The quantitative estimate of drug-likeness (QED) is 0.468. The van der Waals surface area contributed by atoms with Crippen molar-refractivity contribution in [2.24, 2.45) is 10.8 Å². The summed E-state index contributed by atoms with van der Waals surface area (Å²) in [7, 11) is 0. The molecule has 1 aromatic carbocycles. The molecule has 0 heterocycles. The van der Waals surface area contributed by atoms with Gasteiger partial charge in [-0.25, -0.2) is 14.6 Å². The van der Waals surface area contributed by atoms with E-state index in [2.05, 4.69) is 10.8 Å². The van der Waals surface area contributed by atoms with E-state index in [-0.39, 0.29) is 5.56 Å². The molecule has 0 aliphatic rings. The molecule has 0 aliphatic carbocycles. The molecule has 0 fully saturated rings. The molecular weight excluding hydrogens is 242 g/mol. The minimum atomic E-state index is -4.79. The van der Waals surface area contributed by atoms with Gasteiger partial charge in [0.25, 0.3) is 0 Å². The molecule has 0 saturated heterocycles. The molecule has 0 radical (unpaired) electrons. The van der Waals surface area contributed by atoms with E-state index in [1.165, 1.54) is 0 Å². The number of nitrogens with one attached hydrogen (secondary N) is 1.